The second kappa shape index (κ2) is 5.43. The maximum atomic E-state index is 12.7. The zero-order valence-corrected chi connectivity index (χ0v) is 10.8. The number of nitrogens with two attached hydrogens (primary N) is 1. The lowest BCUT2D eigenvalue weighted by Gasteiger charge is -2.21. The Morgan fingerprint density at radius 1 is 1.43 bits per heavy atom. The Morgan fingerprint density at radius 2 is 2.14 bits per heavy atom. The van der Waals surface area contributed by atoms with Crippen LogP contribution in [-0.2, 0) is 0 Å². The second-order valence-corrected chi connectivity index (χ2v) is 4.17. The predicted octanol–water partition coefficient (Wildman–Crippen LogP) is 1.70. The number of hydrogen-bond donors (Lipinski definition) is 1. The molecule has 21 heavy (non-hydrogen) atoms. The third kappa shape index (κ3) is 3.12. The summed E-state index contributed by atoms with van der Waals surface area (Å²) in [6, 6.07) is 4.18. The Labute approximate surface area is 117 Å². The number of para-hydroxylation sites is 1. The van der Waals surface area contributed by atoms with Crippen LogP contribution >= 0.6 is 0 Å². The van der Waals surface area contributed by atoms with Gasteiger partial charge in [0, 0.05) is 0 Å². The van der Waals surface area contributed by atoms with Gasteiger partial charge in [0.05, 0.1) is 18.0 Å². The van der Waals surface area contributed by atoms with Crippen molar-refractivity contribution in [2.45, 2.75) is 19.2 Å². The van der Waals surface area contributed by atoms with Crippen molar-refractivity contribution in [2.75, 3.05) is 0 Å². The van der Waals surface area contributed by atoms with Crippen molar-refractivity contribution < 1.29 is 22.7 Å². The van der Waals surface area contributed by atoms with Gasteiger partial charge in [-0.15, -0.1) is 5.10 Å². The number of carbonyl (C=O) groups is 1. The van der Waals surface area contributed by atoms with Crippen LogP contribution in [0.1, 0.15) is 17.3 Å². The predicted molar refractivity (Wildman–Crippen MR) is 66.0 cm³/mol. The Morgan fingerprint density at radius 3 is 2.67 bits per heavy atom. The van der Waals surface area contributed by atoms with Crippen LogP contribution < -0.4 is 10.5 Å². The molecule has 1 atom stereocenters. The fourth-order valence-corrected chi connectivity index (χ4v) is 1.60. The average molecular weight is 300 g/mol. The van der Waals surface area contributed by atoms with Crippen molar-refractivity contribution in [1.82, 2.24) is 15.0 Å². The monoisotopic (exact) mass is 300 g/mol. The molecular formula is C12H11F3N4O2. The van der Waals surface area contributed by atoms with E-state index in [1.54, 1.807) is 0 Å². The van der Waals surface area contributed by atoms with E-state index < -0.39 is 18.2 Å². The quantitative estimate of drug-likeness (QED) is 0.931. The van der Waals surface area contributed by atoms with E-state index in [0.29, 0.717) is 0 Å². The first-order valence-electron chi connectivity index (χ1n) is 5.83. The number of rotatable bonds is 4. The van der Waals surface area contributed by atoms with Gasteiger partial charge in [0.15, 0.2) is 11.9 Å². The summed E-state index contributed by atoms with van der Waals surface area (Å²) in [6.07, 6.45) is -3.94. The Balaban J connectivity index is 2.52. The van der Waals surface area contributed by atoms with E-state index in [1.807, 2.05) is 0 Å². The molecule has 0 fully saturated rings. The van der Waals surface area contributed by atoms with Crippen LogP contribution in [-0.4, -0.2) is 33.2 Å². The van der Waals surface area contributed by atoms with Gasteiger partial charge in [-0.3, -0.25) is 4.79 Å². The van der Waals surface area contributed by atoms with E-state index >= 15 is 0 Å². The number of carbonyl (C=O) groups excluding carboxylic acids is 1. The van der Waals surface area contributed by atoms with Crippen LogP contribution in [0, 0.1) is 0 Å². The third-order valence-electron chi connectivity index (χ3n) is 2.68. The third-order valence-corrected chi connectivity index (χ3v) is 2.68. The maximum Gasteiger partial charge on any atom is 0.425 e. The highest BCUT2D eigenvalue weighted by atomic mass is 19.4. The molecular weight excluding hydrogens is 289 g/mol. The maximum absolute atomic E-state index is 12.7. The number of benzene rings is 1. The van der Waals surface area contributed by atoms with Crippen LogP contribution in [0.2, 0.25) is 0 Å². The molecule has 2 N–H and O–H groups in total. The van der Waals surface area contributed by atoms with E-state index in [4.69, 9.17) is 10.5 Å². The number of ether oxygens (including phenoxy) is 1. The van der Waals surface area contributed by atoms with Gasteiger partial charge in [0.1, 0.15) is 5.69 Å². The number of hydrogen-bond acceptors (Lipinski definition) is 4. The van der Waals surface area contributed by atoms with Crippen molar-refractivity contribution in [3.8, 4) is 11.4 Å². The number of halogens is 3. The van der Waals surface area contributed by atoms with Crippen molar-refractivity contribution in [3.63, 3.8) is 0 Å². The zero-order valence-electron chi connectivity index (χ0n) is 10.8. The number of primary amides is 1. The number of nitrogens with zero attached hydrogens (tertiary/aromatic N) is 3. The second-order valence-electron chi connectivity index (χ2n) is 4.17. The van der Waals surface area contributed by atoms with E-state index in [0.717, 1.165) is 6.92 Å². The molecule has 0 bridgehead atoms. The lowest BCUT2D eigenvalue weighted by atomic mass is 10.1. The summed E-state index contributed by atoms with van der Waals surface area (Å²) in [5, 5.41) is 7.23. The number of aromatic nitrogens is 3. The minimum atomic E-state index is -4.58. The van der Waals surface area contributed by atoms with E-state index in [9.17, 15) is 18.0 Å². The zero-order chi connectivity index (χ0) is 15.6. The molecule has 1 unspecified atom stereocenters. The molecule has 0 aliphatic carbocycles. The molecule has 0 aliphatic heterocycles. The molecule has 0 radical (unpaired) electrons. The first-order valence-corrected chi connectivity index (χ1v) is 5.83. The van der Waals surface area contributed by atoms with Gasteiger partial charge in [0.25, 0.3) is 5.91 Å². The minimum Gasteiger partial charge on any atom is -0.478 e. The van der Waals surface area contributed by atoms with Crippen LogP contribution in [0.4, 0.5) is 13.2 Å². The molecule has 0 saturated carbocycles. The molecule has 1 amide bonds. The van der Waals surface area contributed by atoms with Gasteiger partial charge in [-0.1, -0.05) is 11.3 Å². The van der Waals surface area contributed by atoms with Gasteiger partial charge in [-0.2, -0.15) is 13.2 Å². The summed E-state index contributed by atoms with van der Waals surface area (Å²) in [6.45, 7) is 0.836. The summed E-state index contributed by atoms with van der Waals surface area (Å²) in [5.41, 5.74) is 5.15. The normalized spacial score (nSPS) is 13.0. The Hall–Kier alpha value is -2.58. The smallest absolute Gasteiger partial charge is 0.425 e. The topological polar surface area (TPSA) is 83.0 Å². The van der Waals surface area contributed by atoms with Crippen molar-refractivity contribution in [2.24, 2.45) is 5.73 Å². The lowest BCUT2D eigenvalue weighted by Crippen LogP contribution is -2.32. The molecule has 0 spiro atoms. The molecule has 0 saturated heterocycles. The highest BCUT2D eigenvalue weighted by Gasteiger charge is 2.39. The number of alkyl halides is 3. The van der Waals surface area contributed by atoms with Gasteiger partial charge >= 0.3 is 6.18 Å². The van der Waals surface area contributed by atoms with Gasteiger partial charge in [-0.05, 0) is 19.1 Å². The summed E-state index contributed by atoms with van der Waals surface area (Å²) in [7, 11) is 0. The van der Waals surface area contributed by atoms with Gasteiger partial charge < -0.3 is 10.5 Å². The summed E-state index contributed by atoms with van der Waals surface area (Å²) in [4.78, 5) is 11.4. The molecule has 112 valence electrons. The summed E-state index contributed by atoms with van der Waals surface area (Å²) >= 11 is 0. The largest absolute Gasteiger partial charge is 0.478 e. The van der Waals surface area contributed by atoms with E-state index in [1.165, 1.54) is 35.3 Å². The summed E-state index contributed by atoms with van der Waals surface area (Å²) in [5.74, 6) is -1.19. The molecule has 1 aromatic heterocycles. The molecule has 1 aromatic carbocycles. The van der Waals surface area contributed by atoms with Crippen molar-refractivity contribution >= 4 is 5.91 Å². The van der Waals surface area contributed by atoms with Crippen LogP contribution in [0.5, 0.6) is 5.75 Å². The van der Waals surface area contributed by atoms with Crippen LogP contribution in [0.25, 0.3) is 5.69 Å². The Kier molecular flexibility index (Phi) is 3.83. The van der Waals surface area contributed by atoms with Gasteiger partial charge in [0.2, 0.25) is 0 Å². The standard InChI is InChI=1S/C12H11F3N4O2/c1-7(12(13,14)15)21-10-8(11(16)20)3-2-4-9(10)19-6-5-17-18-19/h2-7H,1H3,(H2,16,20). The highest BCUT2D eigenvalue weighted by molar-refractivity contribution is 5.96. The molecule has 9 heteroatoms. The van der Waals surface area contributed by atoms with Crippen LogP contribution in [0.15, 0.2) is 30.6 Å². The van der Waals surface area contributed by atoms with E-state index in [-0.39, 0.29) is 17.0 Å². The van der Waals surface area contributed by atoms with Crippen LogP contribution in [0.3, 0.4) is 0 Å². The molecule has 1 heterocycles. The fourth-order valence-electron chi connectivity index (χ4n) is 1.60. The van der Waals surface area contributed by atoms with Gasteiger partial charge in [-0.25, -0.2) is 4.68 Å². The SMILES string of the molecule is CC(Oc1c(C(N)=O)cccc1-n1ccnn1)C(F)(F)F. The molecule has 0 aliphatic rings. The fraction of sp³-hybridized carbons (Fsp3) is 0.250. The lowest BCUT2D eigenvalue weighted by molar-refractivity contribution is -0.189. The first-order chi connectivity index (χ1) is 9.80. The van der Waals surface area contributed by atoms with Crippen molar-refractivity contribution in [1.29, 1.82) is 0 Å². The Bertz CT molecular complexity index is 640. The molecule has 2 aromatic rings. The average Bonchev–Trinajstić information content (AvgIpc) is 2.91. The minimum absolute atomic E-state index is 0.139. The number of amides is 1. The van der Waals surface area contributed by atoms with E-state index in [2.05, 4.69) is 10.3 Å². The highest BCUT2D eigenvalue weighted by Crippen LogP contribution is 2.31. The molecule has 2 rings (SSSR count). The summed E-state index contributed by atoms with van der Waals surface area (Å²) < 4.78 is 44.1. The first kappa shape index (κ1) is 14.8. The molecule has 6 nitrogen and oxygen atoms in total. The van der Waals surface area contributed by atoms with Crippen molar-refractivity contribution in [3.05, 3.63) is 36.2 Å².